The van der Waals surface area contributed by atoms with Gasteiger partial charge in [-0.05, 0) is 132 Å². The number of benzene rings is 2. The summed E-state index contributed by atoms with van der Waals surface area (Å²) in [6.45, 7) is 15.8. The molecule has 0 bridgehead atoms. The van der Waals surface area contributed by atoms with Crippen LogP contribution < -0.4 is 24.3 Å². The molecule has 412 valence electrons. The normalized spacial score (nSPS) is 21.3. The van der Waals surface area contributed by atoms with Gasteiger partial charge in [0.2, 0.25) is 0 Å². The topological polar surface area (TPSA) is 212 Å². The van der Waals surface area contributed by atoms with E-state index in [9.17, 15) is 34.5 Å². The molecule has 4 aliphatic rings. The zero-order valence-corrected chi connectivity index (χ0v) is 45.9. The first-order chi connectivity index (χ1) is 35.7. The lowest BCUT2D eigenvalue weighted by molar-refractivity contribution is -0.135. The molecular weight excluding hydrogens is 963 g/mol. The second-order valence-corrected chi connectivity index (χ2v) is 21.4. The zero-order chi connectivity index (χ0) is 54.6. The molecule has 0 unspecified atom stereocenters. The number of rotatable bonds is 27. The Kier molecular flexibility index (Phi) is 20.4. The summed E-state index contributed by atoms with van der Waals surface area (Å²) in [4.78, 5) is 56.4. The number of carbonyl (C=O) groups excluding carboxylic acids is 3. The number of carboxylic acids is 1. The summed E-state index contributed by atoms with van der Waals surface area (Å²) in [6, 6.07) is 2.62. The van der Waals surface area contributed by atoms with Gasteiger partial charge in [-0.2, -0.15) is 0 Å². The first-order valence-electron chi connectivity index (χ1n) is 26.3. The largest absolute Gasteiger partial charge is 0.484 e. The van der Waals surface area contributed by atoms with Gasteiger partial charge in [-0.15, -0.1) is 0 Å². The number of aliphatic hydroxyl groups excluding tert-OH is 2. The molecule has 0 saturated heterocycles. The lowest BCUT2D eigenvalue weighted by atomic mass is 9.84. The monoisotopic (exact) mass is 1040 g/mol. The van der Waals surface area contributed by atoms with Crippen LogP contribution in [0.1, 0.15) is 163 Å². The van der Waals surface area contributed by atoms with E-state index in [0.29, 0.717) is 88.5 Å². The van der Waals surface area contributed by atoms with E-state index in [4.69, 9.17) is 33.2 Å². The third-order valence-electron chi connectivity index (χ3n) is 14.8. The van der Waals surface area contributed by atoms with Gasteiger partial charge in [-0.1, -0.05) is 46.6 Å². The van der Waals surface area contributed by atoms with E-state index in [-0.39, 0.29) is 70.9 Å². The van der Waals surface area contributed by atoms with Gasteiger partial charge in [0.1, 0.15) is 47.4 Å². The molecule has 0 radical (unpaired) electrons. The number of carboxylic acid groups (broad SMARTS) is 1. The highest BCUT2D eigenvalue weighted by Crippen LogP contribution is 2.49. The Hall–Kier alpha value is -5.88. The summed E-state index contributed by atoms with van der Waals surface area (Å²) in [5, 5.41) is 34.7. The van der Waals surface area contributed by atoms with E-state index < -0.39 is 48.1 Å². The van der Waals surface area contributed by atoms with Crippen LogP contribution >= 0.6 is 0 Å². The van der Waals surface area contributed by atoms with Crippen LogP contribution in [0.25, 0.3) is 0 Å². The second-order valence-electron chi connectivity index (χ2n) is 21.4. The minimum atomic E-state index is -1.25. The van der Waals surface area contributed by atoms with E-state index in [1.54, 1.807) is 21.9 Å². The van der Waals surface area contributed by atoms with Crippen LogP contribution in [-0.4, -0.2) is 126 Å². The summed E-state index contributed by atoms with van der Waals surface area (Å²) in [5.74, 6) is -0.124. The van der Waals surface area contributed by atoms with E-state index >= 15 is 0 Å². The van der Waals surface area contributed by atoms with Crippen molar-refractivity contribution in [2.24, 2.45) is 0 Å². The molecule has 0 saturated carbocycles. The van der Waals surface area contributed by atoms with E-state index in [0.717, 1.165) is 25.7 Å². The molecule has 6 rings (SSSR count). The lowest BCUT2D eigenvalue weighted by Crippen LogP contribution is -2.49. The molecule has 17 heteroatoms. The highest BCUT2D eigenvalue weighted by atomic mass is 16.7. The highest BCUT2D eigenvalue weighted by molar-refractivity contribution is 6.01. The molecule has 4 heterocycles. The van der Waals surface area contributed by atoms with Crippen LogP contribution in [0.4, 0.5) is 4.79 Å². The zero-order valence-electron chi connectivity index (χ0n) is 45.9. The molecule has 4 aliphatic heterocycles. The summed E-state index contributed by atoms with van der Waals surface area (Å²) in [5.41, 5.74) is 6.46. The average molecular weight is 1040 g/mol. The van der Waals surface area contributed by atoms with Crippen molar-refractivity contribution in [3.05, 3.63) is 92.1 Å². The Morgan fingerprint density at radius 1 is 0.733 bits per heavy atom. The maximum Gasteiger partial charge on any atom is 0.407 e. The molecule has 75 heavy (non-hydrogen) atoms. The average Bonchev–Trinajstić information content (AvgIpc) is 3.85. The highest BCUT2D eigenvalue weighted by Gasteiger charge is 2.47. The van der Waals surface area contributed by atoms with Gasteiger partial charge in [0.15, 0.2) is 13.6 Å². The number of hydrogen-bond donors (Lipinski definition) is 4. The van der Waals surface area contributed by atoms with Gasteiger partial charge < -0.3 is 63.6 Å². The number of allylic oxidation sites excluding steroid dienone is 8. The van der Waals surface area contributed by atoms with Crippen molar-refractivity contribution < 1.29 is 67.7 Å². The summed E-state index contributed by atoms with van der Waals surface area (Å²) in [6.07, 6.45) is 13.5. The van der Waals surface area contributed by atoms with E-state index in [2.05, 4.69) is 71.2 Å². The molecule has 17 nitrogen and oxygen atoms in total. The van der Waals surface area contributed by atoms with Gasteiger partial charge >= 0.3 is 12.1 Å². The molecule has 2 aromatic rings. The minimum absolute atomic E-state index is 0.0729. The Morgan fingerprint density at radius 2 is 1.23 bits per heavy atom. The number of fused-ring (bicyclic) bond motifs is 6. The van der Waals surface area contributed by atoms with Crippen LogP contribution in [0.2, 0.25) is 0 Å². The van der Waals surface area contributed by atoms with Gasteiger partial charge in [0.05, 0.1) is 42.5 Å². The fourth-order valence-corrected chi connectivity index (χ4v) is 10.2. The number of hydrogen-bond acceptors (Lipinski definition) is 13. The van der Waals surface area contributed by atoms with Gasteiger partial charge in [-0.3, -0.25) is 14.4 Å². The molecule has 2 aromatic carbocycles. The van der Waals surface area contributed by atoms with Crippen LogP contribution in [0, 0.1) is 0 Å². The standard InChI is InChI=1S/C58H81N3O14/c1-36(2)16-11-18-38(5)20-13-23-57(7)49(62)28-43-47(72-34-69-9)26-41-45(52(43)74-57)31-60(54(41)66)25-15-22-40(33-71-56(68)59-30-51(64)65)61-32-46-42(55(61)67)27-48(73-35-70-10)44-29-50(63)58(8,75-53(44)46)24-14-21-39(6)19-12-17-37(3)4/h16-17,20-21,26-27,40,49-50,62-63H,11-15,18-19,22-25,28-35H2,1-10H3,(H,59,68)(H,64,65)/b38-20+,39-21+/t40-,49-,50-,57+,58+/m0/s1. The predicted octanol–water partition coefficient (Wildman–Crippen LogP) is 9.28. The summed E-state index contributed by atoms with van der Waals surface area (Å²) in [7, 11) is 3.00. The Morgan fingerprint density at radius 3 is 1.71 bits per heavy atom. The quantitative estimate of drug-likeness (QED) is 0.0485. The number of nitrogens with zero attached hydrogens (tertiary/aromatic N) is 2. The predicted molar refractivity (Wildman–Crippen MR) is 283 cm³/mol. The molecule has 4 N–H and O–H groups in total. The summed E-state index contributed by atoms with van der Waals surface area (Å²) < 4.78 is 41.7. The Labute approximate surface area is 442 Å². The number of methoxy groups -OCH3 is 2. The number of amides is 3. The van der Waals surface area contributed by atoms with Crippen molar-refractivity contribution in [1.82, 2.24) is 15.1 Å². The van der Waals surface area contributed by atoms with Crippen molar-refractivity contribution in [3.8, 4) is 23.0 Å². The SMILES string of the molecule is COCOc1cc2c(c3c1C[C@H](O)[C@@](C)(CC/C=C(\C)CCC=C(C)C)O3)CN(CCC[C@@H](COC(=O)NCC(=O)O)N1Cc3c(cc(OCOC)c4c3O[C@](C)(CC/C=C(\C)CCC=C(C)C)[C@@H](O)C4)C1=O)C2=O. The maximum atomic E-state index is 14.7. The van der Waals surface area contributed by atoms with Crippen molar-refractivity contribution in [2.45, 2.75) is 175 Å². The third-order valence-corrected chi connectivity index (χ3v) is 14.8. The fraction of sp³-hybridized carbons (Fsp3) is 0.586. The molecular formula is C58H81N3O14. The van der Waals surface area contributed by atoms with Crippen LogP contribution in [0.3, 0.4) is 0 Å². The molecule has 0 spiro atoms. The van der Waals surface area contributed by atoms with Gasteiger partial charge in [-0.25, -0.2) is 4.79 Å². The van der Waals surface area contributed by atoms with Crippen LogP contribution in [-0.2, 0) is 44.9 Å². The smallest absolute Gasteiger partial charge is 0.407 e. The number of alkyl carbamates (subject to hydrolysis) is 1. The molecule has 0 aromatic heterocycles. The number of nitrogens with one attached hydrogen (secondary N) is 1. The van der Waals surface area contributed by atoms with Crippen molar-refractivity contribution in [2.75, 3.05) is 47.5 Å². The molecule has 0 fully saturated rings. The van der Waals surface area contributed by atoms with Crippen LogP contribution in [0.5, 0.6) is 23.0 Å². The lowest BCUT2D eigenvalue weighted by Gasteiger charge is -2.41. The number of aliphatic carboxylic acids is 1. The first kappa shape index (κ1) is 58.4. The number of carbonyl (C=O) groups is 4. The maximum absolute atomic E-state index is 14.7. The van der Waals surface area contributed by atoms with Crippen molar-refractivity contribution in [3.63, 3.8) is 0 Å². The van der Waals surface area contributed by atoms with Crippen LogP contribution in [0.15, 0.2) is 58.7 Å². The molecule has 3 amide bonds. The fourth-order valence-electron chi connectivity index (χ4n) is 10.2. The van der Waals surface area contributed by atoms with Crippen molar-refractivity contribution >= 4 is 23.9 Å². The molecule has 0 aliphatic carbocycles. The molecule has 5 atom stereocenters. The van der Waals surface area contributed by atoms with Gasteiger partial charge in [0, 0.05) is 55.9 Å². The first-order valence-corrected chi connectivity index (χ1v) is 26.3. The van der Waals surface area contributed by atoms with Crippen molar-refractivity contribution in [1.29, 1.82) is 0 Å². The second kappa shape index (κ2) is 26.3. The van der Waals surface area contributed by atoms with Gasteiger partial charge in [0.25, 0.3) is 11.8 Å². The summed E-state index contributed by atoms with van der Waals surface area (Å²) >= 11 is 0. The number of ether oxygens (including phenoxy) is 7. The Bertz CT molecular complexity index is 2520. The Balaban J connectivity index is 1.22. The van der Waals surface area contributed by atoms with E-state index in [1.165, 1.54) is 36.5 Å². The van der Waals surface area contributed by atoms with E-state index in [1.807, 2.05) is 13.8 Å². The third kappa shape index (κ3) is 14.7. The minimum Gasteiger partial charge on any atom is -0.484 e. The number of aliphatic hydroxyl groups is 2.